The number of amides is 1. The molecule has 2 aromatic carbocycles. The minimum Gasteiger partial charge on any atom is -0.308 e. The molecule has 0 atom stereocenters. The zero-order valence-electron chi connectivity index (χ0n) is 17.5. The van der Waals surface area contributed by atoms with Crippen molar-refractivity contribution < 1.29 is 4.79 Å². The fourth-order valence-corrected chi connectivity index (χ4v) is 4.29. The summed E-state index contributed by atoms with van der Waals surface area (Å²) in [6, 6.07) is 12.6. The lowest BCUT2D eigenvalue weighted by Gasteiger charge is -2.22. The molecule has 5 heteroatoms. The fraction of sp³-hybridized carbons (Fsp3) is 0.391. The SMILES string of the molecule is CCc1ccc2nc(N(CCN(C)C)C(=O)Cc3ccc(C)cc3C)sc2c1. The van der Waals surface area contributed by atoms with Crippen LogP contribution in [0.5, 0.6) is 0 Å². The molecule has 0 fully saturated rings. The quantitative estimate of drug-likeness (QED) is 0.586. The van der Waals surface area contributed by atoms with E-state index in [1.807, 2.05) is 19.0 Å². The van der Waals surface area contributed by atoms with Gasteiger partial charge < -0.3 is 4.90 Å². The number of hydrogen-bond donors (Lipinski definition) is 0. The van der Waals surface area contributed by atoms with Crippen LogP contribution in [-0.2, 0) is 17.6 Å². The molecule has 0 bridgehead atoms. The maximum Gasteiger partial charge on any atom is 0.233 e. The van der Waals surface area contributed by atoms with Crippen molar-refractivity contribution in [1.82, 2.24) is 9.88 Å². The molecular weight excluding hydrogens is 366 g/mol. The molecule has 4 nitrogen and oxygen atoms in total. The van der Waals surface area contributed by atoms with Gasteiger partial charge in [-0.05, 0) is 63.2 Å². The third kappa shape index (κ3) is 4.78. The van der Waals surface area contributed by atoms with E-state index in [1.165, 1.54) is 11.1 Å². The van der Waals surface area contributed by atoms with Crippen LogP contribution in [-0.4, -0.2) is 43.0 Å². The van der Waals surface area contributed by atoms with Crippen molar-refractivity contribution in [2.75, 3.05) is 32.1 Å². The van der Waals surface area contributed by atoms with Crippen LogP contribution >= 0.6 is 11.3 Å². The van der Waals surface area contributed by atoms with Crippen LogP contribution in [0.2, 0.25) is 0 Å². The van der Waals surface area contributed by atoms with Crippen molar-refractivity contribution in [1.29, 1.82) is 0 Å². The second-order valence-corrected chi connectivity index (χ2v) is 8.62. The highest BCUT2D eigenvalue weighted by molar-refractivity contribution is 7.22. The predicted octanol–water partition coefficient (Wildman–Crippen LogP) is 4.61. The third-order valence-electron chi connectivity index (χ3n) is 4.99. The van der Waals surface area contributed by atoms with Crippen LogP contribution in [0, 0.1) is 13.8 Å². The average molecular weight is 396 g/mol. The molecule has 0 aliphatic rings. The number of carbonyl (C=O) groups is 1. The molecular formula is C23H29N3OS. The van der Waals surface area contributed by atoms with Gasteiger partial charge in [-0.3, -0.25) is 9.69 Å². The lowest BCUT2D eigenvalue weighted by atomic mass is 10.0. The second kappa shape index (κ2) is 8.84. The summed E-state index contributed by atoms with van der Waals surface area (Å²) in [6.07, 6.45) is 1.40. The van der Waals surface area contributed by atoms with Gasteiger partial charge in [-0.15, -0.1) is 0 Å². The van der Waals surface area contributed by atoms with Gasteiger partial charge >= 0.3 is 0 Å². The zero-order valence-corrected chi connectivity index (χ0v) is 18.3. The van der Waals surface area contributed by atoms with E-state index in [2.05, 4.69) is 62.1 Å². The van der Waals surface area contributed by atoms with Gasteiger partial charge in [0.05, 0.1) is 16.6 Å². The van der Waals surface area contributed by atoms with E-state index in [1.54, 1.807) is 11.3 Å². The number of carbonyl (C=O) groups excluding carboxylic acids is 1. The Kier molecular flexibility index (Phi) is 6.47. The largest absolute Gasteiger partial charge is 0.308 e. The van der Waals surface area contributed by atoms with Crippen LogP contribution in [0.3, 0.4) is 0 Å². The number of rotatable bonds is 7. The monoisotopic (exact) mass is 395 g/mol. The number of aryl methyl sites for hydroxylation is 3. The normalized spacial score (nSPS) is 11.4. The van der Waals surface area contributed by atoms with Crippen molar-refractivity contribution in [3.63, 3.8) is 0 Å². The first-order chi connectivity index (χ1) is 13.4. The summed E-state index contributed by atoms with van der Waals surface area (Å²) >= 11 is 1.61. The van der Waals surface area contributed by atoms with Crippen LogP contribution in [0.25, 0.3) is 10.2 Å². The Morgan fingerprint density at radius 1 is 1.07 bits per heavy atom. The molecule has 0 N–H and O–H groups in total. The summed E-state index contributed by atoms with van der Waals surface area (Å²) < 4.78 is 1.14. The van der Waals surface area contributed by atoms with E-state index < -0.39 is 0 Å². The Balaban J connectivity index is 1.90. The van der Waals surface area contributed by atoms with Crippen molar-refractivity contribution in [2.24, 2.45) is 0 Å². The van der Waals surface area contributed by atoms with E-state index >= 15 is 0 Å². The molecule has 0 spiro atoms. The van der Waals surface area contributed by atoms with Gasteiger partial charge in [0.2, 0.25) is 5.91 Å². The number of likely N-dealkylation sites (N-methyl/N-ethyl adjacent to an activating group) is 1. The van der Waals surface area contributed by atoms with E-state index in [0.717, 1.165) is 39.4 Å². The van der Waals surface area contributed by atoms with Crippen molar-refractivity contribution in [3.8, 4) is 0 Å². The molecule has 3 aromatic rings. The van der Waals surface area contributed by atoms with Crippen LogP contribution in [0.4, 0.5) is 5.13 Å². The summed E-state index contributed by atoms with van der Waals surface area (Å²) in [7, 11) is 4.05. The van der Waals surface area contributed by atoms with Crippen molar-refractivity contribution >= 4 is 32.6 Å². The first-order valence-electron chi connectivity index (χ1n) is 9.78. The van der Waals surface area contributed by atoms with E-state index in [-0.39, 0.29) is 5.91 Å². The highest BCUT2D eigenvalue weighted by Gasteiger charge is 2.21. The summed E-state index contributed by atoms with van der Waals surface area (Å²) in [5.74, 6) is 0.101. The zero-order chi connectivity index (χ0) is 20.3. The van der Waals surface area contributed by atoms with E-state index in [4.69, 9.17) is 4.98 Å². The minimum absolute atomic E-state index is 0.101. The number of thiazole rings is 1. The molecule has 148 valence electrons. The molecule has 1 heterocycles. The molecule has 3 rings (SSSR count). The lowest BCUT2D eigenvalue weighted by molar-refractivity contribution is -0.118. The van der Waals surface area contributed by atoms with Gasteiger partial charge in [-0.1, -0.05) is 48.1 Å². The standard InChI is InChI=1S/C23H29N3OS/c1-6-18-8-10-20-21(14-18)28-23(24-20)26(12-11-25(4)5)22(27)15-19-9-7-16(2)13-17(19)3/h7-10,13-14H,6,11-12,15H2,1-5H3. The molecule has 28 heavy (non-hydrogen) atoms. The van der Waals surface area contributed by atoms with Crippen LogP contribution in [0.15, 0.2) is 36.4 Å². The van der Waals surface area contributed by atoms with Gasteiger partial charge in [-0.25, -0.2) is 4.98 Å². The number of nitrogens with zero attached hydrogens (tertiary/aromatic N) is 3. The Hall–Kier alpha value is -2.24. The van der Waals surface area contributed by atoms with Crippen molar-refractivity contribution in [3.05, 3.63) is 58.7 Å². The highest BCUT2D eigenvalue weighted by atomic mass is 32.1. The molecule has 0 saturated carbocycles. The summed E-state index contributed by atoms with van der Waals surface area (Å²) in [4.78, 5) is 22.0. The molecule has 0 radical (unpaired) electrons. The number of fused-ring (bicyclic) bond motifs is 1. The van der Waals surface area contributed by atoms with Gasteiger partial charge in [0.1, 0.15) is 0 Å². The summed E-state index contributed by atoms with van der Waals surface area (Å²) in [6.45, 7) is 7.74. The highest BCUT2D eigenvalue weighted by Crippen LogP contribution is 2.30. The topological polar surface area (TPSA) is 36.4 Å². The number of hydrogen-bond acceptors (Lipinski definition) is 4. The Labute approximate surface area is 171 Å². The summed E-state index contributed by atoms with van der Waals surface area (Å²) in [5, 5.41) is 0.792. The Morgan fingerprint density at radius 2 is 1.86 bits per heavy atom. The smallest absolute Gasteiger partial charge is 0.233 e. The number of anilines is 1. The molecule has 0 saturated heterocycles. The molecule has 0 aliphatic heterocycles. The fourth-order valence-electron chi connectivity index (χ4n) is 3.22. The van der Waals surface area contributed by atoms with Crippen LogP contribution in [0.1, 0.15) is 29.2 Å². The molecule has 1 amide bonds. The maximum absolute atomic E-state index is 13.2. The maximum atomic E-state index is 13.2. The van der Waals surface area contributed by atoms with Gasteiger partial charge in [0.15, 0.2) is 5.13 Å². The first kappa shape index (κ1) is 20.5. The summed E-state index contributed by atoms with van der Waals surface area (Å²) in [5.41, 5.74) is 5.73. The van der Waals surface area contributed by atoms with Crippen molar-refractivity contribution in [2.45, 2.75) is 33.6 Å². The number of benzene rings is 2. The predicted molar refractivity (Wildman–Crippen MR) is 120 cm³/mol. The number of aromatic nitrogens is 1. The molecule has 1 aromatic heterocycles. The second-order valence-electron chi connectivity index (χ2n) is 7.61. The average Bonchev–Trinajstić information content (AvgIpc) is 3.06. The van der Waals surface area contributed by atoms with E-state index in [9.17, 15) is 4.79 Å². The molecule has 0 unspecified atom stereocenters. The molecule has 0 aliphatic carbocycles. The Bertz CT molecular complexity index is 977. The minimum atomic E-state index is 0.101. The third-order valence-corrected chi connectivity index (χ3v) is 6.03. The Morgan fingerprint density at radius 3 is 2.54 bits per heavy atom. The van der Waals surface area contributed by atoms with Gasteiger partial charge in [-0.2, -0.15) is 0 Å². The van der Waals surface area contributed by atoms with Gasteiger partial charge in [0, 0.05) is 13.1 Å². The van der Waals surface area contributed by atoms with Gasteiger partial charge in [0.25, 0.3) is 0 Å². The van der Waals surface area contributed by atoms with Crippen LogP contribution < -0.4 is 4.90 Å². The lowest BCUT2D eigenvalue weighted by Crippen LogP contribution is -2.37. The van der Waals surface area contributed by atoms with E-state index in [0.29, 0.717) is 13.0 Å². The first-order valence-corrected chi connectivity index (χ1v) is 10.6.